The third kappa shape index (κ3) is 8.64. The predicted octanol–water partition coefficient (Wildman–Crippen LogP) is 7.66. The number of nitriles is 2. The first-order valence-corrected chi connectivity index (χ1v) is 16.4. The van der Waals surface area contributed by atoms with Gasteiger partial charge in [0.2, 0.25) is 5.92 Å². The summed E-state index contributed by atoms with van der Waals surface area (Å²) in [7, 11) is 0. The largest absolute Gasteiger partial charge is 0.201 e. The molecule has 0 unspecified atom stereocenters. The van der Waals surface area contributed by atoms with Gasteiger partial charge in [0, 0.05) is 17.3 Å². The molecule has 0 saturated carbocycles. The summed E-state index contributed by atoms with van der Waals surface area (Å²) in [5.41, 5.74) is 6.55. The lowest BCUT2D eigenvalue weighted by atomic mass is 9.14. The predicted molar refractivity (Wildman–Crippen MR) is 192 cm³/mol. The van der Waals surface area contributed by atoms with Crippen LogP contribution in [0.25, 0.3) is 6.08 Å². The van der Waals surface area contributed by atoms with Crippen LogP contribution in [0.2, 0.25) is 6.32 Å². The zero-order valence-electron chi connectivity index (χ0n) is 25.3. The van der Waals surface area contributed by atoms with Crippen molar-refractivity contribution in [3.63, 3.8) is 0 Å². The van der Waals surface area contributed by atoms with E-state index >= 15 is 0 Å². The van der Waals surface area contributed by atoms with Crippen LogP contribution in [0, 0.1) is 28.6 Å². The van der Waals surface area contributed by atoms with E-state index in [-0.39, 0.29) is 0 Å². The highest BCUT2D eigenvalue weighted by molar-refractivity contribution is 7.82. The van der Waals surface area contributed by atoms with Crippen LogP contribution in [0.15, 0.2) is 157 Å². The van der Waals surface area contributed by atoms with Gasteiger partial charge in [0.25, 0.3) is 0 Å². The topological polar surface area (TPSA) is 47.6 Å². The maximum atomic E-state index is 9.15. The second-order valence-corrected chi connectivity index (χ2v) is 12.0. The number of hydrogen-bond donors (Lipinski definition) is 0. The molecule has 0 spiro atoms. The lowest BCUT2D eigenvalue weighted by Crippen LogP contribution is -2.66. The molecule has 5 rings (SSSR count). The summed E-state index contributed by atoms with van der Waals surface area (Å²) in [6, 6.07) is 57.2. The molecule has 0 fully saturated rings. The van der Waals surface area contributed by atoms with Gasteiger partial charge in [-0.25, -0.2) is 0 Å². The van der Waals surface area contributed by atoms with Crippen LogP contribution in [0.1, 0.15) is 30.9 Å². The van der Waals surface area contributed by atoms with Gasteiger partial charge in [-0.3, -0.25) is 0 Å². The second kappa shape index (κ2) is 17.4. The fourth-order valence-electron chi connectivity index (χ4n) is 5.80. The minimum absolute atomic E-state index is 0.699. The van der Waals surface area contributed by atoms with Gasteiger partial charge in [-0.15, -0.1) is 0 Å². The highest BCUT2D eigenvalue weighted by atomic mass is 32.2. The van der Waals surface area contributed by atoms with Gasteiger partial charge in [0.05, 0.1) is 18.3 Å². The first-order chi connectivity index (χ1) is 21.7. The van der Waals surface area contributed by atoms with E-state index in [4.69, 9.17) is 10.5 Å². The van der Waals surface area contributed by atoms with Crippen molar-refractivity contribution in [1.82, 2.24) is 0 Å². The Balaban J connectivity index is 0.000000202. The molecule has 4 heteroatoms. The van der Waals surface area contributed by atoms with Crippen molar-refractivity contribution >= 4 is 40.4 Å². The van der Waals surface area contributed by atoms with Crippen LogP contribution < -0.4 is 16.4 Å². The molecule has 0 N–H and O–H groups in total. The van der Waals surface area contributed by atoms with Gasteiger partial charge in [-0.05, 0) is 11.6 Å². The van der Waals surface area contributed by atoms with E-state index in [1.807, 2.05) is 54.6 Å². The van der Waals surface area contributed by atoms with Gasteiger partial charge < -0.3 is 0 Å². The average molecular weight is 591 g/mol. The van der Waals surface area contributed by atoms with Crippen LogP contribution >= 0.6 is 0 Å². The molecule has 0 aliphatic carbocycles. The SMILES string of the molecule is CCCC[B-](c1ccccc1)(c1ccccc1)c1ccccc1.N#CC(C#N)/C(=C/c1ccccc1)[SH+]Cc1ccccc1. The fourth-order valence-corrected chi connectivity index (χ4v) is 6.91. The highest BCUT2D eigenvalue weighted by Crippen LogP contribution is 2.19. The van der Waals surface area contributed by atoms with E-state index in [0.29, 0.717) is 0 Å². The number of nitrogens with zero attached hydrogens (tertiary/aromatic N) is 2. The van der Waals surface area contributed by atoms with E-state index < -0.39 is 12.1 Å². The molecule has 0 aliphatic rings. The molecule has 218 valence electrons. The number of unbranched alkanes of at least 4 members (excludes halogenated alkanes) is 1. The van der Waals surface area contributed by atoms with Gasteiger partial charge in [0.15, 0.2) is 4.91 Å². The molecule has 0 radical (unpaired) electrons. The van der Waals surface area contributed by atoms with E-state index in [0.717, 1.165) is 28.0 Å². The molecule has 0 atom stereocenters. The van der Waals surface area contributed by atoms with Crippen LogP contribution in [0.5, 0.6) is 0 Å². The smallest absolute Gasteiger partial charge is 0.200 e. The van der Waals surface area contributed by atoms with Crippen LogP contribution in [0.4, 0.5) is 0 Å². The summed E-state index contributed by atoms with van der Waals surface area (Å²) in [4.78, 5) is 0.843. The summed E-state index contributed by atoms with van der Waals surface area (Å²) >= 11 is 0.990. The molecular formula is C40H39BN2S. The minimum atomic E-state index is -0.913. The Bertz CT molecular complexity index is 1530. The maximum absolute atomic E-state index is 9.15. The summed E-state index contributed by atoms with van der Waals surface area (Å²) in [6.07, 6.45) is 4.67. The Morgan fingerprint density at radius 1 is 0.636 bits per heavy atom. The Morgan fingerprint density at radius 3 is 1.45 bits per heavy atom. The van der Waals surface area contributed by atoms with Gasteiger partial charge in [-0.1, -0.05) is 171 Å². The number of allylic oxidation sites excluding steroid dienone is 1. The van der Waals surface area contributed by atoms with Crippen molar-refractivity contribution in [3.05, 3.63) is 168 Å². The molecule has 0 aliphatic heterocycles. The average Bonchev–Trinajstić information content (AvgIpc) is 3.10. The molecule has 0 heterocycles. The van der Waals surface area contributed by atoms with Crippen molar-refractivity contribution in [2.24, 2.45) is 5.92 Å². The molecular weight excluding hydrogens is 551 g/mol. The summed E-state index contributed by atoms with van der Waals surface area (Å²) < 4.78 is 0. The van der Waals surface area contributed by atoms with Gasteiger partial charge in [0.1, 0.15) is 5.75 Å². The lowest BCUT2D eigenvalue weighted by molar-refractivity contribution is 0.874. The molecule has 0 bridgehead atoms. The van der Waals surface area contributed by atoms with Crippen LogP contribution in [-0.4, -0.2) is 6.15 Å². The number of hydrogen-bond acceptors (Lipinski definition) is 2. The van der Waals surface area contributed by atoms with E-state index in [1.54, 1.807) is 0 Å². The Kier molecular flexibility index (Phi) is 12.7. The Hall–Kier alpha value is -4.77. The van der Waals surface area contributed by atoms with E-state index in [1.165, 1.54) is 41.1 Å². The number of rotatable bonds is 11. The highest BCUT2D eigenvalue weighted by Gasteiger charge is 2.28. The second-order valence-electron chi connectivity index (χ2n) is 10.9. The fraction of sp³-hybridized carbons (Fsp3) is 0.150. The first kappa shape index (κ1) is 32.2. The third-order valence-corrected chi connectivity index (χ3v) is 9.33. The molecule has 0 aromatic heterocycles. The number of benzene rings is 5. The van der Waals surface area contributed by atoms with Gasteiger partial charge in [-0.2, -0.15) is 33.2 Å². The molecule has 44 heavy (non-hydrogen) atoms. The quantitative estimate of drug-likeness (QED) is 0.0901. The van der Waals surface area contributed by atoms with Gasteiger partial charge >= 0.3 is 0 Å². The minimum Gasteiger partial charge on any atom is -0.200 e. The van der Waals surface area contributed by atoms with Crippen molar-refractivity contribution in [3.8, 4) is 12.1 Å². The molecule has 5 aromatic carbocycles. The van der Waals surface area contributed by atoms with Crippen molar-refractivity contribution < 1.29 is 0 Å². The Morgan fingerprint density at radius 2 is 1.05 bits per heavy atom. The standard InChI is InChI=1S/C22H24B.C18H14N2S/c1-2-3-19-23(20-13-7-4-8-14-20,21-15-9-5-10-16-21)22-17-11-6-12-18-22;19-12-17(13-20)18(11-15-7-3-1-4-8-15)21-14-16-9-5-2-6-10-16/h4-18H,2-3,19H2,1H3;1-11,17H,14H2/q-1;/p+1/b;18-11-. The first-order valence-electron chi connectivity index (χ1n) is 15.3. The normalized spacial score (nSPS) is 11.1. The summed E-state index contributed by atoms with van der Waals surface area (Å²) in [5, 5.41) is 18.3. The van der Waals surface area contributed by atoms with Crippen molar-refractivity contribution in [2.45, 2.75) is 31.8 Å². The molecule has 2 nitrogen and oxygen atoms in total. The summed E-state index contributed by atoms with van der Waals surface area (Å²) in [5.74, 6) is 0.106. The number of thiol groups is 1. The van der Waals surface area contributed by atoms with E-state index in [2.05, 4.69) is 122 Å². The molecule has 0 saturated heterocycles. The Labute approximate surface area is 267 Å². The zero-order chi connectivity index (χ0) is 30.9. The zero-order valence-corrected chi connectivity index (χ0v) is 26.2. The van der Waals surface area contributed by atoms with Crippen molar-refractivity contribution in [1.29, 1.82) is 10.5 Å². The lowest BCUT2D eigenvalue weighted by Gasteiger charge is -2.43. The van der Waals surface area contributed by atoms with Crippen molar-refractivity contribution in [2.75, 3.05) is 0 Å². The van der Waals surface area contributed by atoms with Crippen LogP contribution in [0.3, 0.4) is 0 Å². The molecule has 5 aromatic rings. The summed E-state index contributed by atoms with van der Waals surface area (Å²) in [6.45, 7) is 2.28. The van der Waals surface area contributed by atoms with E-state index in [9.17, 15) is 0 Å². The monoisotopic (exact) mass is 590 g/mol. The van der Waals surface area contributed by atoms with Crippen LogP contribution in [-0.2, 0) is 17.5 Å². The third-order valence-electron chi connectivity index (χ3n) is 8.05. The maximum Gasteiger partial charge on any atom is 0.201 e. The molecule has 0 amide bonds.